The van der Waals surface area contributed by atoms with Gasteiger partial charge >= 0.3 is 0 Å². The van der Waals surface area contributed by atoms with Crippen molar-refractivity contribution in [3.8, 4) is 33.8 Å². The van der Waals surface area contributed by atoms with Gasteiger partial charge in [-0.25, -0.2) is 14.4 Å². The topological polar surface area (TPSA) is 99.3 Å². The first-order valence-corrected chi connectivity index (χ1v) is 12.1. The second kappa shape index (κ2) is 9.51. The van der Waals surface area contributed by atoms with Crippen LogP contribution >= 0.6 is 0 Å². The average Bonchev–Trinajstić information content (AvgIpc) is 3.52. The number of hydrogen-bond acceptors (Lipinski definition) is 6. The largest absolute Gasteiger partial charge is 0.338 e. The number of pyridine rings is 2. The number of aryl methyl sites for hydroxylation is 1. The van der Waals surface area contributed by atoms with E-state index in [0.29, 0.717) is 11.3 Å². The minimum atomic E-state index is -0.236. The van der Waals surface area contributed by atoms with E-state index in [0.717, 1.165) is 69.5 Å². The van der Waals surface area contributed by atoms with E-state index in [-0.39, 0.29) is 5.82 Å². The van der Waals surface area contributed by atoms with Crippen molar-refractivity contribution >= 4 is 22.1 Å². The van der Waals surface area contributed by atoms with Crippen LogP contribution in [0.4, 0.5) is 4.39 Å². The Morgan fingerprint density at radius 1 is 0.892 bits per heavy atom. The predicted octanol–water partition coefficient (Wildman–Crippen LogP) is 5.26. The van der Waals surface area contributed by atoms with Crippen LogP contribution < -0.4 is 0 Å². The normalized spacial score (nSPS) is 11.7. The lowest BCUT2D eigenvalue weighted by atomic mass is 9.99. The second-order valence-corrected chi connectivity index (χ2v) is 9.34. The van der Waals surface area contributed by atoms with Gasteiger partial charge < -0.3 is 9.88 Å². The smallest absolute Gasteiger partial charge is 0.181 e. The summed E-state index contributed by atoms with van der Waals surface area (Å²) in [4.78, 5) is 23.1. The summed E-state index contributed by atoms with van der Waals surface area (Å²) in [6.45, 7) is 0.956. The van der Waals surface area contributed by atoms with Crippen LogP contribution in [0.25, 0.3) is 55.8 Å². The molecule has 8 nitrogen and oxygen atoms in total. The SMILES string of the molecule is CN(C)CCCc1cc(F)cc(-c2ccnc3[nH]c(-c4[nH]nc5ncc(-c6cnccn6)cc45)cc23)c1. The molecule has 0 fully saturated rings. The Hall–Kier alpha value is -4.50. The number of rotatable bonds is 7. The third-order valence-corrected chi connectivity index (χ3v) is 6.41. The van der Waals surface area contributed by atoms with Crippen molar-refractivity contribution in [2.75, 3.05) is 20.6 Å². The highest BCUT2D eigenvalue weighted by Crippen LogP contribution is 2.34. The van der Waals surface area contributed by atoms with Gasteiger partial charge in [0.1, 0.15) is 11.5 Å². The van der Waals surface area contributed by atoms with Crippen molar-refractivity contribution in [1.82, 2.24) is 40.0 Å². The van der Waals surface area contributed by atoms with E-state index in [9.17, 15) is 4.39 Å². The lowest BCUT2D eigenvalue weighted by molar-refractivity contribution is 0.400. The maximum absolute atomic E-state index is 14.6. The molecule has 0 radical (unpaired) electrons. The van der Waals surface area contributed by atoms with Crippen molar-refractivity contribution in [1.29, 1.82) is 0 Å². The minimum Gasteiger partial charge on any atom is -0.338 e. The number of H-pyrrole nitrogens is 2. The molecule has 0 spiro atoms. The summed E-state index contributed by atoms with van der Waals surface area (Å²) >= 11 is 0. The standard InChI is InChI=1S/C28H25FN8/c1-37(2)9-3-4-17-10-18(12-20(29)11-17)21-5-6-32-27-22(21)14-24(34-27)26-23-13-19(15-33-28(23)36-35-26)25-16-30-7-8-31-25/h5-8,10-16H,3-4,9H2,1-2H3,(H,32,34)(H,33,35,36). The molecule has 5 aromatic heterocycles. The third kappa shape index (κ3) is 4.56. The van der Waals surface area contributed by atoms with Crippen molar-refractivity contribution in [3.05, 3.63) is 78.8 Å². The number of benzene rings is 1. The number of nitrogens with zero attached hydrogens (tertiary/aromatic N) is 6. The molecule has 0 aliphatic carbocycles. The lowest BCUT2D eigenvalue weighted by Gasteiger charge is -2.10. The lowest BCUT2D eigenvalue weighted by Crippen LogP contribution is -2.13. The van der Waals surface area contributed by atoms with Gasteiger partial charge in [0.25, 0.3) is 0 Å². The third-order valence-electron chi connectivity index (χ3n) is 6.41. The molecule has 0 bridgehead atoms. The molecule has 0 aliphatic rings. The first-order chi connectivity index (χ1) is 18.0. The Morgan fingerprint density at radius 3 is 2.65 bits per heavy atom. The summed E-state index contributed by atoms with van der Waals surface area (Å²) in [7, 11) is 4.09. The molecular formula is C28H25FN8. The Bertz CT molecular complexity index is 1700. The Labute approximate surface area is 212 Å². The molecule has 0 amide bonds. The maximum atomic E-state index is 14.6. The minimum absolute atomic E-state index is 0.236. The fourth-order valence-electron chi connectivity index (χ4n) is 4.66. The van der Waals surface area contributed by atoms with E-state index in [2.05, 4.69) is 46.1 Å². The summed E-state index contributed by atoms with van der Waals surface area (Å²) in [5.41, 5.74) is 7.24. The molecule has 37 heavy (non-hydrogen) atoms. The fraction of sp³-hybridized carbons (Fsp3) is 0.179. The van der Waals surface area contributed by atoms with Gasteiger partial charge in [-0.05, 0) is 80.5 Å². The molecule has 1 aromatic carbocycles. The molecule has 0 saturated heterocycles. The molecule has 0 aliphatic heterocycles. The van der Waals surface area contributed by atoms with Gasteiger partial charge in [0.05, 0.1) is 23.3 Å². The second-order valence-electron chi connectivity index (χ2n) is 9.34. The number of hydrogen-bond donors (Lipinski definition) is 2. The zero-order valence-electron chi connectivity index (χ0n) is 20.5. The average molecular weight is 493 g/mol. The van der Waals surface area contributed by atoms with Crippen molar-refractivity contribution in [2.24, 2.45) is 0 Å². The van der Waals surface area contributed by atoms with Crippen LogP contribution in [-0.4, -0.2) is 60.7 Å². The highest BCUT2D eigenvalue weighted by atomic mass is 19.1. The summed E-state index contributed by atoms with van der Waals surface area (Å²) < 4.78 is 14.6. The fourth-order valence-corrected chi connectivity index (χ4v) is 4.66. The first kappa shape index (κ1) is 22.9. The summed E-state index contributed by atoms with van der Waals surface area (Å²) in [5.74, 6) is -0.236. The van der Waals surface area contributed by atoms with Crippen LogP contribution in [0.3, 0.4) is 0 Å². The van der Waals surface area contributed by atoms with Crippen molar-refractivity contribution < 1.29 is 4.39 Å². The van der Waals surface area contributed by atoms with Gasteiger partial charge in [-0.15, -0.1) is 0 Å². The van der Waals surface area contributed by atoms with Gasteiger partial charge in [0.15, 0.2) is 5.65 Å². The summed E-state index contributed by atoms with van der Waals surface area (Å²) in [6, 6.07) is 11.2. The molecule has 9 heteroatoms. The van der Waals surface area contributed by atoms with Crippen LogP contribution in [-0.2, 0) is 6.42 Å². The van der Waals surface area contributed by atoms with Crippen LogP contribution in [0.5, 0.6) is 0 Å². The number of aromatic nitrogens is 7. The van der Waals surface area contributed by atoms with Gasteiger partial charge in [0, 0.05) is 41.1 Å². The monoisotopic (exact) mass is 492 g/mol. The summed E-state index contributed by atoms with van der Waals surface area (Å²) in [6.07, 6.45) is 10.3. The Balaban J connectivity index is 1.41. The van der Waals surface area contributed by atoms with Crippen LogP contribution in [0.2, 0.25) is 0 Å². The first-order valence-electron chi connectivity index (χ1n) is 12.1. The highest BCUT2D eigenvalue weighted by molar-refractivity contribution is 5.99. The van der Waals surface area contributed by atoms with Crippen LogP contribution in [0.1, 0.15) is 12.0 Å². The van der Waals surface area contributed by atoms with E-state index in [4.69, 9.17) is 0 Å². The molecule has 0 atom stereocenters. The number of fused-ring (bicyclic) bond motifs is 2. The zero-order chi connectivity index (χ0) is 25.4. The molecule has 184 valence electrons. The van der Waals surface area contributed by atoms with Gasteiger partial charge in [-0.1, -0.05) is 6.07 Å². The molecule has 5 heterocycles. The molecule has 6 aromatic rings. The van der Waals surface area contributed by atoms with Crippen LogP contribution in [0.15, 0.2) is 67.4 Å². The van der Waals surface area contributed by atoms with E-state index < -0.39 is 0 Å². The zero-order valence-corrected chi connectivity index (χ0v) is 20.5. The molecular weight excluding hydrogens is 467 g/mol. The van der Waals surface area contributed by atoms with Crippen molar-refractivity contribution in [2.45, 2.75) is 12.8 Å². The number of halogens is 1. The van der Waals surface area contributed by atoms with E-state index in [1.54, 1.807) is 43.1 Å². The molecule has 0 unspecified atom stereocenters. The van der Waals surface area contributed by atoms with E-state index in [1.807, 2.05) is 32.3 Å². The van der Waals surface area contributed by atoms with Gasteiger partial charge in [0.2, 0.25) is 0 Å². The molecule has 6 rings (SSSR count). The summed E-state index contributed by atoms with van der Waals surface area (Å²) in [5, 5.41) is 9.24. The Morgan fingerprint density at radius 2 is 1.81 bits per heavy atom. The van der Waals surface area contributed by atoms with Gasteiger partial charge in [-0.3, -0.25) is 15.1 Å². The van der Waals surface area contributed by atoms with E-state index >= 15 is 0 Å². The number of nitrogens with one attached hydrogen (secondary N) is 2. The van der Waals surface area contributed by atoms with Gasteiger partial charge in [-0.2, -0.15) is 5.10 Å². The predicted molar refractivity (Wildman–Crippen MR) is 142 cm³/mol. The molecule has 0 saturated carbocycles. The van der Waals surface area contributed by atoms with E-state index in [1.165, 1.54) is 0 Å². The quantitative estimate of drug-likeness (QED) is 0.315. The van der Waals surface area contributed by atoms with Crippen molar-refractivity contribution in [3.63, 3.8) is 0 Å². The number of aromatic amines is 2. The van der Waals surface area contributed by atoms with Crippen LogP contribution in [0, 0.1) is 5.82 Å². The Kier molecular flexibility index (Phi) is 5.90. The highest BCUT2D eigenvalue weighted by Gasteiger charge is 2.16. The molecule has 2 N–H and O–H groups in total. The maximum Gasteiger partial charge on any atom is 0.181 e.